The van der Waals surface area contributed by atoms with Crippen molar-refractivity contribution >= 4 is 34.6 Å². The monoisotopic (exact) mass is 409 g/mol. The van der Waals surface area contributed by atoms with Gasteiger partial charge in [0.05, 0.1) is 23.7 Å². The van der Waals surface area contributed by atoms with Crippen molar-refractivity contribution in [2.45, 2.75) is 38.1 Å². The molecule has 2 fully saturated rings. The quantitative estimate of drug-likeness (QED) is 0.613. The van der Waals surface area contributed by atoms with Gasteiger partial charge in [-0.2, -0.15) is 0 Å². The smallest absolute Gasteiger partial charge is 0.266 e. The molecule has 2 aromatic rings. The molecule has 6 heteroatoms. The third kappa shape index (κ3) is 4.82. The second kappa shape index (κ2) is 9.46. The number of nitrogens with zero attached hydrogens (tertiary/aromatic N) is 3. The number of carbonyl (C=O) groups excluding carboxylic acids is 1. The van der Waals surface area contributed by atoms with E-state index >= 15 is 0 Å². The van der Waals surface area contributed by atoms with Crippen molar-refractivity contribution in [1.82, 2.24) is 9.47 Å². The summed E-state index contributed by atoms with van der Waals surface area (Å²) >= 11 is 1.43. The number of thioether (sulfide) groups is 1. The summed E-state index contributed by atoms with van der Waals surface area (Å²) in [6.07, 6.45) is 12.8. The molecule has 1 aromatic heterocycles. The van der Waals surface area contributed by atoms with Crippen molar-refractivity contribution in [1.29, 1.82) is 0 Å². The number of rotatable bonds is 6. The van der Waals surface area contributed by atoms with E-state index in [4.69, 9.17) is 9.73 Å². The van der Waals surface area contributed by atoms with Crippen LogP contribution in [0.5, 0.6) is 0 Å². The Morgan fingerprint density at radius 2 is 1.97 bits per heavy atom. The predicted molar refractivity (Wildman–Crippen MR) is 119 cm³/mol. The van der Waals surface area contributed by atoms with Crippen LogP contribution < -0.4 is 0 Å². The standard InChI is InChI=1S/C23H27N3O2S/c1-28-15-14-26-22(27)21(29-23(26)24-19-8-4-2-5-9-19)16-18-12-13-25(17-18)20-10-6-3-7-11-20/h2,4-5,8-9,12-13,16-17,20H,3,6-7,10-11,14-15H2,1H3/b21-16+,24-23?. The Morgan fingerprint density at radius 1 is 1.17 bits per heavy atom. The van der Waals surface area contributed by atoms with E-state index < -0.39 is 0 Å². The van der Waals surface area contributed by atoms with Crippen LogP contribution in [0.1, 0.15) is 43.7 Å². The van der Waals surface area contributed by atoms with Crippen LogP contribution in [0.25, 0.3) is 6.08 Å². The second-order valence-electron chi connectivity index (χ2n) is 7.47. The maximum absolute atomic E-state index is 13.0. The Morgan fingerprint density at radius 3 is 2.72 bits per heavy atom. The molecule has 1 saturated heterocycles. The van der Waals surface area contributed by atoms with Crippen LogP contribution in [-0.2, 0) is 9.53 Å². The summed E-state index contributed by atoms with van der Waals surface area (Å²) in [4.78, 5) is 20.1. The van der Waals surface area contributed by atoms with Crippen molar-refractivity contribution < 1.29 is 9.53 Å². The fourth-order valence-corrected chi connectivity index (χ4v) is 4.88. The number of hydrogen-bond donors (Lipinski definition) is 0. The predicted octanol–water partition coefficient (Wildman–Crippen LogP) is 5.24. The van der Waals surface area contributed by atoms with E-state index in [0.717, 1.165) is 11.3 Å². The van der Waals surface area contributed by atoms with Gasteiger partial charge in [-0.05, 0) is 54.4 Å². The van der Waals surface area contributed by atoms with Gasteiger partial charge in [0.2, 0.25) is 0 Å². The number of aliphatic imine (C=N–C) groups is 1. The zero-order valence-corrected chi connectivity index (χ0v) is 17.6. The van der Waals surface area contributed by atoms with E-state index in [1.807, 2.05) is 36.4 Å². The van der Waals surface area contributed by atoms with Crippen molar-refractivity contribution in [2.75, 3.05) is 20.3 Å². The molecular formula is C23H27N3O2S. The summed E-state index contributed by atoms with van der Waals surface area (Å²) < 4.78 is 7.51. The lowest BCUT2D eigenvalue weighted by atomic mass is 9.95. The lowest BCUT2D eigenvalue weighted by Gasteiger charge is -2.23. The number of hydrogen-bond acceptors (Lipinski definition) is 4. The molecule has 5 nitrogen and oxygen atoms in total. The lowest BCUT2D eigenvalue weighted by Crippen LogP contribution is -2.32. The fourth-order valence-electron chi connectivity index (χ4n) is 3.86. The van der Waals surface area contributed by atoms with E-state index in [-0.39, 0.29) is 5.91 Å². The van der Waals surface area contributed by atoms with E-state index in [1.165, 1.54) is 43.9 Å². The fraction of sp³-hybridized carbons (Fsp3) is 0.391. The Kier molecular flexibility index (Phi) is 6.52. The van der Waals surface area contributed by atoms with Gasteiger partial charge in [0, 0.05) is 25.5 Å². The molecule has 0 bridgehead atoms. The minimum atomic E-state index is -0.00727. The average molecular weight is 410 g/mol. The number of amides is 1. The average Bonchev–Trinajstić information content (AvgIpc) is 3.33. The molecule has 0 atom stereocenters. The molecule has 0 radical (unpaired) electrons. The zero-order valence-electron chi connectivity index (χ0n) is 16.8. The summed E-state index contributed by atoms with van der Waals surface area (Å²) in [6, 6.07) is 12.4. The van der Waals surface area contributed by atoms with Crippen LogP contribution in [0, 0.1) is 0 Å². The number of aromatic nitrogens is 1. The van der Waals surface area contributed by atoms with Gasteiger partial charge in [0.1, 0.15) is 0 Å². The molecule has 1 amide bonds. The molecule has 0 N–H and O–H groups in total. The van der Waals surface area contributed by atoms with Gasteiger partial charge in [-0.3, -0.25) is 9.69 Å². The Balaban J connectivity index is 1.56. The van der Waals surface area contributed by atoms with E-state index in [0.29, 0.717) is 29.3 Å². The molecule has 1 saturated carbocycles. The first kappa shape index (κ1) is 20.0. The summed E-state index contributed by atoms with van der Waals surface area (Å²) in [5.74, 6) is -0.00727. The van der Waals surface area contributed by atoms with E-state index in [1.54, 1.807) is 12.0 Å². The molecule has 29 heavy (non-hydrogen) atoms. The van der Waals surface area contributed by atoms with Gasteiger partial charge in [-0.1, -0.05) is 37.5 Å². The van der Waals surface area contributed by atoms with Gasteiger partial charge < -0.3 is 9.30 Å². The highest BCUT2D eigenvalue weighted by molar-refractivity contribution is 8.18. The molecule has 152 valence electrons. The van der Waals surface area contributed by atoms with Crippen LogP contribution in [0.15, 0.2) is 58.7 Å². The maximum atomic E-state index is 13.0. The van der Waals surface area contributed by atoms with Crippen molar-refractivity contribution in [3.8, 4) is 0 Å². The van der Waals surface area contributed by atoms with E-state index in [2.05, 4.69) is 23.0 Å². The Labute approximate surface area is 176 Å². The molecule has 0 unspecified atom stereocenters. The first-order valence-electron chi connectivity index (χ1n) is 10.3. The topological polar surface area (TPSA) is 46.8 Å². The summed E-state index contributed by atoms with van der Waals surface area (Å²) in [5, 5.41) is 0.705. The van der Waals surface area contributed by atoms with Crippen LogP contribution in [0.4, 0.5) is 5.69 Å². The number of benzene rings is 1. The number of amidine groups is 1. The number of methoxy groups -OCH3 is 1. The highest BCUT2D eigenvalue weighted by atomic mass is 32.2. The summed E-state index contributed by atoms with van der Waals surface area (Å²) in [5.41, 5.74) is 1.91. The minimum Gasteiger partial charge on any atom is -0.383 e. The van der Waals surface area contributed by atoms with Gasteiger partial charge in [-0.15, -0.1) is 0 Å². The first-order valence-corrected chi connectivity index (χ1v) is 11.1. The van der Waals surface area contributed by atoms with Crippen molar-refractivity contribution in [2.24, 2.45) is 4.99 Å². The lowest BCUT2D eigenvalue weighted by molar-refractivity contribution is -0.122. The number of ether oxygens (including phenoxy) is 1. The normalized spacial score (nSPS) is 20.9. The van der Waals surface area contributed by atoms with Gasteiger partial charge >= 0.3 is 0 Å². The second-order valence-corrected chi connectivity index (χ2v) is 8.48. The molecule has 1 aromatic carbocycles. The molecular weight excluding hydrogens is 382 g/mol. The maximum Gasteiger partial charge on any atom is 0.266 e. The van der Waals surface area contributed by atoms with Crippen LogP contribution in [0.3, 0.4) is 0 Å². The van der Waals surface area contributed by atoms with Gasteiger partial charge in [-0.25, -0.2) is 4.99 Å². The van der Waals surface area contributed by atoms with E-state index in [9.17, 15) is 4.79 Å². The minimum absolute atomic E-state index is 0.00727. The van der Waals surface area contributed by atoms with Crippen molar-refractivity contribution in [3.63, 3.8) is 0 Å². The molecule has 4 rings (SSSR count). The third-order valence-corrected chi connectivity index (χ3v) is 6.43. The number of para-hydroxylation sites is 1. The molecule has 2 heterocycles. The molecule has 0 spiro atoms. The van der Waals surface area contributed by atoms with Gasteiger partial charge in [0.25, 0.3) is 5.91 Å². The largest absolute Gasteiger partial charge is 0.383 e. The Bertz CT molecular complexity index is 898. The summed E-state index contributed by atoms with van der Waals surface area (Å²) in [7, 11) is 1.65. The van der Waals surface area contributed by atoms with Crippen molar-refractivity contribution in [3.05, 3.63) is 59.3 Å². The van der Waals surface area contributed by atoms with Crippen LogP contribution >= 0.6 is 11.8 Å². The first-order chi connectivity index (χ1) is 14.2. The third-order valence-electron chi connectivity index (χ3n) is 5.42. The van der Waals surface area contributed by atoms with Gasteiger partial charge in [0.15, 0.2) is 5.17 Å². The number of carbonyl (C=O) groups is 1. The molecule has 2 aliphatic rings. The zero-order chi connectivity index (χ0) is 20.1. The Hall–Kier alpha value is -2.31. The van der Waals surface area contributed by atoms with Crippen LogP contribution in [0.2, 0.25) is 0 Å². The summed E-state index contributed by atoms with van der Waals surface area (Å²) in [6.45, 7) is 0.972. The molecule has 1 aliphatic heterocycles. The van der Waals surface area contributed by atoms with Crippen LogP contribution in [-0.4, -0.2) is 40.8 Å². The highest BCUT2D eigenvalue weighted by Crippen LogP contribution is 2.35. The SMILES string of the molecule is COCCN1C(=O)/C(=C\c2ccn(C3CCCCC3)c2)SC1=Nc1ccccc1. The molecule has 1 aliphatic carbocycles. The highest BCUT2D eigenvalue weighted by Gasteiger charge is 2.33.